The third-order valence-corrected chi connectivity index (χ3v) is 2.79. The molecule has 0 heterocycles. The van der Waals surface area contributed by atoms with Crippen LogP contribution in [0.25, 0.3) is 0 Å². The Bertz CT molecular complexity index is 538. The average molecular weight is 339 g/mol. The summed E-state index contributed by atoms with van der Waals surface area (Å²) in [6.07, 6.45) is -6.21. The first kappa shape index (κ1) is 18.4. The number of anilines is 1. The number of alkyl halides is 5. The molecule has 0 unspecified atom stereocenters. The molecule has 0 spiro atoms. The van der Waals surface area contributed by atoms with Crippen molar-refractivity contribution in [3.05, 3.63) is 29.3 Å². The van der Waals surface area contributed by atoms with Gasteiger partial charge in [-0.2, -0.15) is 22.0 Å². The molecular formula is C12H10F9N. The van der Waals surface area contributed by atoms with E-state index in [2.05, 4.69) is 0 Å². The van der Waals surface area contributed by atoms with Gasteiger partial charge in [0.15, 0.2) is 23.3 Å². The zero-order valence-electron chi connectivity index (χ0n) is 11.0. The first-order valence-electron chi connectivity index (χ1n) is 6.00. The van der Waals surface area contributed by atoms with Crippen LogP contribution < -0.4 is 4.90 Å². The molecule has 0 aliphatic carbocycles. The molecule has 0 bridgehead atoms. The summed E-state index contributed by atoms with van der Waals surface area (Å²) in [5, 5.41) is 0. The highest BCUT2D eigenvalue weighted by Gasteiger charge is 2.62. The topological polar surface area (TPSA) is 3.24 Å². The molecule has 22 heavy (non-hydrogen) atoms. The highest BCUT2D eigenvalue weighted by Crippen LogP contribution is 2.42. The predicted octanol–water partition coefficient (Wildman–Crippen LogP) is 5.00. The Hall–Kier alpha value is -1.61. The number of rotatable bonds is 5. The van der Waals surface area contributed by atoms with Gasteiger partial charge in [-0.15, -0.1) is 0 Å². The molecule has 126 valence electrons. The van der Waals surface area contributed by atoms with E-state index in [1.165, 1.54) is 6.92 Å². The van der Waals surface area contributed by atoms with E-state index in [1.54, 1.807) is 0 Å². The summed E-state index contributed by atoms with van der Waals surface area (Å²) in [5.41, 5.74) is -1.70. The molecule has 0 aliphatic heterocycles. The molecule has 0 N–H and O–H groups in total. The first-order chi connectivity index (χ1) is 9.95. The summed E-state index contributed by atoms with van der Waals surface area (Å²) in [4.78, 5) is -0.822. The van der Waals surface area contributed by atoms with Crippen LogP contribution in [0.1, 0.15) is 19.8 Å². The predicted molar refractivity (Wildman–Crippen MR) is 59.5 cm³/mol. The number of halogens is 9. The lowest BCUT2D eigenvalue weighted by atomic mass is 10.2. The molecule has 0 radical (unpaired) electrons. The van der Waals surface area contributed by atoms with E-state index in [0.717, 1.165) is 0 Å². The molecular weight excluding hydrogens is 329 g/mol. The molecule has 0 aromatic heterocycles. The number of hydrogen-bond acceptors (Lipinski definition) is 1. The minimum Gasteiger partial charge on any atom is -0.303 e. The van der Waals surface area contributed by atoms with Crippen molar-refractivity contribution >= 4 is 5.69 Å². The normalized spacial score (nSPS) is 12.6. The quantitative estimate of drug-likeness (QED) is 0.316. The van der Waals surface area contributed by atoms with E-state index in [-0.39, 0.29) is 18.9 Å². The first-order valence-corrected chi connectivity index (χ1v) is 6.00. The molecule has 0 saturated heterocycles. The Morgan fingerprint density at radius 2 is 1.45 bits per heavy atom. The summed E-state index contributed by atoms with van der Waals surface area (Å²) in [6, 6.07) is -5.82. The van der Waals surface area contributed by atoms with Crippen LogP contribution in [0.3, 0.4) is 0 Å². The van der Waals surface area contributed by atoms with Crippen LogP contribution in [0, 0.1) is 23.3 Å². The second-order valence-corrected chi connectivity index (χ2v) is 4.36. The van der Waals surface area contributed by atoms with Gasteiger partial charge in [0.05, 0.1) is 5.69 Å². The van der Waals surface area contributed by atoms with Crippen molar-refractivity contribution in [2.45, 2.75) is 32.0 Å². The zero-order valence-corrected chi connectivity index (χ0v) is 11.0. The zero-order chi connectivity index (χ0) is 17.3. The lowest BCUT2D eigenvalue weighted by Crippen LogP contribution is -2.53. The molecule has 0 amide bonds. The Kier molecular flexibility index (Phi) is 5.24. The number of benzene rings is 1. The van der Waals surface area contributed by atoms with E-state index in [1.807, 2.05) is 0 Å². The van der Waals surface area contributed by atoms with Crippen LogP contribution in [0.4, 0.5) is 45.2 Å². The maximum absolute atomic E-state index is 13.5. The lowest BCUT2D eigenvalue weighted by Gasteiger charge is -2.34. The van der Waals surface area contributed by atoms with E-state index < -0.39 is 52.6 Å². The average Bonchev–Trinajstić information content (AvgIpc) is 2.40. The Balaban J connectivity index is 3.48. The Labute approximate surface area is 119 Å². The van der Waals surface area contributed by atoms with Gasteiger partial charge in [-0.1, -0.05) is 13.3 Å². The van der Waals surface area contributed by atoms with Gasteiger partial charge in [0, 0.05) is 12.6 Å². The molecule has 1 rings (SSSR count). The maximum atomic E-state index is 13.5. The van der Waals surface area contributed by atoms with Crippen molar-refractivity contribution in [3.63, 3.8) is 0 Å². The second-order valence-electron chi connectivity index (χ2n) is 4.36. The molecule has 0 aliphatic rings. The van der Waals surface area contributed by atoms with Gasteiger partial charge in [0.25, 0.3) is 0 Å². The van der Waals surface area contributed by atoms with Crippen molar-refractivity contribution in [2.24, 2.45) is 0 Å². The molecule has 1 aromatic rings. The van der Waals surface area contributed by atoms with Gasteiger partial charge in [-0.25, -0.2) is 17.6 Å². The SMILES string of the molecule is CCCCN(c1cc(F)c(F)c(F)c1F)C(F)(F)C(F)(F)F. The van der Waals surface area contributed by atoms with Crippen molar-refractivity contribution in [2.75, 3.05) is 11.4 Å². The smallest absolute Gasteiger partial charge is 0.303 e. The van der Waals surface area contributed by atoms with Crippen LogP contribution in [-0.4, -0.2) is 18.8 Å². The van der Waals surface area contributed by atoms with Crippen molar-refractivity contribution in [3.8, 4) is 0 Å². The molecule has 0 fully saturated rings. The summed E-state index contributed by atoms with van der Waals surface area (Å²) in [7, 11) is 0. The summed E-state index contributed by atoms with van der Waals surface area (Å²) in [5.74, 6) is -9.16. The third kappa shape index (κ3) is 3.25. The van der Waals surface area contributed by atoms with Crippen LogP contribution in [-0.2, 0) is 0 Å². The summed E-state index contributed by atoms with van der Waals surface area (Å²) >= 11 is 0. The summed E-state index contributed by atoms with van der Waals surface area (Å²) in [6.45, 7) is 0.413. The van der Waals surface area contributed by atoms with Crippen LogP contribution in [0.2, 0.25) is 0 Å². The van der Waals surface area contributed by atoms with E-state index >= 15 is 0 Å². The number of nitrogens with zero attached hydrogens (tertiary/aromatic N) is 1. The number of hydrogen-bond donors (Lipinski definition) is 0. The van der Waals surface area contributed by atoms with Gasteiger partial charge < -0.3 is 4.90 Å². The standard InChI is InChI=1S/C12H10F9N/c1-2-3-4-22(12(20,21)11(17,18)19)7-5-6(13)8(14)10(16)9(7)15/h5H,2-4H2,1H3. The largest absolute Gasteiger partial charge is 0.475 e. The van der Waals surface area contributed by atoms with Crippen LogP contribution >= 0.6 is 0 Å². The lowest BCUT2D eigenvalue weighted by molar-refractivity contribution is -0.281. The van der Waals surface area contributed by atoms with Crippen LogP contribution in [0.15, 0.2) is 6.07 Å². The highest BCUT2D eigenvalue weighted by molar-refractivity contribution is 5.50. The molecule has 10 heteroatoms. The Morgan fingerprint density at radius 3 is 1.91 bits per heavy atom. The van der Waals surface area contributed by atoms with Crippen molar-refractivity contribution in [1.29, 1.82) is 0 Å². The van der Waals surface area contributed by atoms with Gasteiger partial charge in [-0.05, 0) is 6.42 Å². The fourth-order valence-electron chi connectivity index (χ4n) is 1.64. The van der Waals surface area contributed by atoms with Gasteiger partial charge in [0.2, 0.25) is 0 Å². The Morgan fingerprint density at radius 1 is 0.909 bits per heavy atom. The summed E-state index contributed by atoms with van der Waals surface area (Å²) < 4.78 is 117. The minimum absolute atomic E-state index is 0.151. The van der Waals surface area contributed by atoms with E-state index in [4.69, 9.17) is 0 Å². The van der Waals surface area contributed by atoms with Gasteiger partial charge in [-0.3, -0.25) is 0 Å². The van der Waals surface area contributed by atoms with Crippen molar-refractivity contribution in [1.82, 2.24) is 0 Å². The minimum atomic E-state index is -6.12. The number of unbranched alkanes of at least 4 members (excludes halogenated alkanes) is 1. The maximum Gasteiger partial charge on any atom is 0.475 e. The van der Waals surface area contributed by atoms with E-state index in [9.17, 15) is 39.5 Å². The molecule has 1 nitrogen and oxygen atoms in total. The highest BCUT2D eigenvalue weighted by atomic mass is 19.4. The second kappa shape index (κ2) is 6.25. The molecule has 0 saturated carbocycles. The van der Waals surface area contributed by atoms with E-state index in [0.29, 0.717) is 0 Å². The van der Waals surface area contributed by atoms with Gasteiger partial charge in [0.1, 0.15) is 0 Å². The monoisotopic (exact) mass is 339 g/mol. The molecule has 1 aromatic carbocycles. The van der Waals surface area contributed by atoms with Crippen molar-refractivity contribution < 1.29 is 39.5 Å². The van der Waals surface area contributed by atoms with Gasteiger partial charge >= 0.3 is 12.2 Å². The fraction of sp³-hybridized carbons (Fsp3) is 0.500. The third-order valence-electron chi connectivity index (χ3n) is 2.79. The van der Waals surface area contributed by atoms with Crippen LogP contribution in [0.5, 0.6) is 0 Å². The molecule has 0 atom stereocenters. The fourth-order valence-corrected chi connectivity index (χ4v) is 1.64.